The highest BCUT2D eigenvalue weighted by atomic mass is 16.5. The molecule has 0 amide bonds. The number of hydrogen-bond acceptors (Lipinski definition) is 6. The number of nitrogen functional groups attached to an aromatic ring is 1. The van der Waals surface area contributed by atoms with Gasteiger partial charge in [-0.05, 0) is 12.1 Å². The summed E-state index contributed by atoms with van der Waals surface area (Å²) in [4.78, 5) is 11.2. The smallest absolute Gasteiger partial charge is 0.337 e. The number of anilines is 1. The predicted octanol–water partition coefficient (Wildman–Crippen LogP) is -0.592. The highest BCUT2D eigenvalue weighted by Gasteiger charge is 2.20. The Kier molecular flexibility index (Phi) is 4.45. The number of rotatable bonds is 4. The van der Waals surface area contributed by atoms with Crippen molar-refractivity contribution in [1.82, 2.24) is 0 Å². The van der Waals surface area contributed by atoms with Crippen LogP contribution in [0.5, 0.6) is 0 Å². The van der Waals surface area contributed by atoms with Gasteiger partial charge in [-0.3, -0.25) is 0 Å². The van der Waals surface area contributed by atoms with Crippen LogP contribution < -0.4 is 11.5 Å². The number of methoxy groups -OCH3 is 1. The summed E-state index contributed by atoms with van der Waals surface area (Å²) < 4.78 is 4.53. The van der Waals surface area contributed by atoms with Gasteiger partial charge in [-0.2, -0.15) is 0 Å². The summed E-state index contributed by atoms with van der Waals surface area (Å²) in [6, 6.07) is 4.31. The number of aliphatic hydroxyl groups is 2. The average Bonchev–Trinajstić information content (AvgIpc) is 2.35. The molecule has 0 heterocycles. The van der Waals surface area contributed by atoms with Crippen molar-refractivity contribution in [2.45, 2.75) is 12.2 Å². The maximum Gasteiger partial charge on any atom is 0.337 e. The van der Waals surface area contributed by atoms with Gasteiger partial charge in [0, 0.05) is 17.8 Å². The van der Waals surface area contributed by atoms with Crippen LogP contribution in [0.2, 0.25) is 0 Å². The zero-order valence-electron chi connectivity index (χ0n) is 9.46. The zero-order chi connectivity index (χ0) is 13.0. The van der Waals surface area contributed by atoms with Crippen LogP contribution in [-0.4, -0.2) is 35.9 Å². The van der Waals surface area contributed by atoms with Crippen LogP contribution in [0, 0.1) is 0 Å². The van der Waals surface area contributed by atoms with Crippen molar-refractivity contribution in [3.63, 3.8) is 0 Å². The van der Waals surface area contributed by atoms with Crippen LogP contribution in [0.3, 0.4) is 0 Å². The van der Waals surface area contributed by atoms with E-state index in [1.54, 1.807) is 0 Å². The molecule has 6 N–H and O–H groups in total. The standard InChI is InChI=1S/C11H16N2O4/c1-17-11(16)6-2-3-7(8(13)4-6)10(15)9(14)5-12/h2-4,9-10,14-15H,5,12-13H2,1H3. The molecule has 1 aromatic rings. The van der Waals surface area contributed by atoms with E-state index in [-0.39, 0.29) is 17.8 Å². The average molecular weight is 240 g/mol. The van der Waals surface area contributed by atoms with Crippen molar-refractivity contribution in [3.05, 3.63) is 29.3 Å². The molecule has 2 atom stereocenters. The maximum atomic E-state index is 11.2. The van der Waals surface area contributed by atoms with E-state index in [2.05, 4.69) is 4.74 Å². The van der Waals surface area contributed by atoms with Gasteiger partial charge in [-0.1, -0.05) is 6.07 Å². The molecule has 17 heavy (non-hydrogen) atoms. The second-order valence-electron chi connectivity index (χ2n) is 3.58. The molecule has 0 spiro atoms. The monoisotopic (exact) mass is 240 g/mol. The molecule has 6 nitrogen and oxygen atoms in total. The topological polar surface area (TPSA) is 119 Å². The normalized spacial score (nSPS) is 14.1. The first-order valence-electron chi connectivity index (χ1n) is 5.05. The molecule has 0 aliphatic rings. The Morgan fingerprint density at radius 3 is 2.59 bits per heavy atom. The third-order valence-electron chi connectivity index (χ3n) is 2.43. The fourth-order valence-corrected chi connectivity index (χ4v) is 1.43. The van der Waals surface area contributed by atoms with Gasteiger partial charge >= 0.3 is 5.97 Å². The number of benzene rings is 1. The lowest BCUT2D eigenvalue weighted by atomic mass is 10.0. The maximum absolute atomic E-state index is 11.2. The summed E-state index contributed by atoms with van der Waals surface area (Å²) in [7, 11) is 1.26. The van der Waals surface area contributed by atoms with Gasteiger partial charge in [0.15, 0.2) is 0 Å². The fourth-order valence-electron chi connectivity index (χ4n) is 1.43. The van der Waals surface area contributed by atoms with Crippen molar-refractivity contribution in [2.75, 3.05) is 19.4 Å². The van der Waals surface area contributed by atoms with Gasteiger partial charge in [-0.15, -0.1) is 0 Å². The second kappa shape index (κ2) is 5.62. The molecular formula is C11H16N2O4. The Bertz CT molecular complexity index is 408. The molecule has 0 aliphatic carbocycles. The number of carbonyl (C=O) groups excluding carboxylic acids is 1. The zero-order valence-corrected chi connectivity index (χ0v) is 9.46. The van der Waals surface area contributed by atoms with Crippen LogP contribution in [0.1, 0.15) is 22.0 Å². The van der Waals surface area contributed by atoms with Crippen LogP contribution in [-0.2, 0) is 4.74 Å². The van der Waals surface area contributed by atoms with Crippen LogP contribution in [0.25, 0.3) is 0 Å². The van der Waals surface area contributed by atoms with Gasteiger partial charge in [0.1, 0.15) is 6.10 Å². The molecule has 0 saturated carbocycles. The molecule has 6 heteroatoms. The molecule has 0 radical (unpaired) electrons. The Morgan fingerprint density at radius 2 is 2.12 bits per heavy atom. The molecule has 0 bridgehead atoms. The number of esters is 1. The van der Waals surface area contributed by atoms with Gasteiger partial charge < -0.3 is 26.4 Å². The third-order valence-corrected chi connectivity index (χ3v) is 2.43. The van der Waals surface area contributed by atoms with E-state index in [9.17, 15) is 15.0 Å². The minimum Gasteiger partial charge on any atom is -0.465 e. The lowest BCUT2D eigenvalue weighted by Crippen LogP contribution is -2.27. The summed E-state index contributed by atoms with van der Waals surface area (Å²) >= 11 is 0. The van der Waals surface area contributed by atoms with E-state index in [1.165, 1.54) is 25.3 Å². The van der Waals surface area contributed by atoms with Crippen molar-refractivity contribution < 1.29 is 19.7 Å². The molecule has 0 aromatic heterocycles. The van der Waals surface area contributed by atoms with Crippen LogP contribution in [0.4, 0.5) is 5.69 Å². The summed E-state index contributed by atoms with van der Waals surface area (Å²) in [5, 5.41) is 19.1. The number of carbonyl (C=O) groups is 1. The minimum absolute atomic E-state index is 0.0840. The quantitative estimate of drug-likeness (QED) is 0.412. The number of hydrogen-bond donors (Lipinski definition) is 4. The van der Waals surface area contributed by atoms with Crippen molar-refractivity contribution >= 4 is 11.7 Å². The molecule has 94 valence electrons. The van der Waals surface area contributed by atoms with Crippen molar-refractivity contribution in [3.8, 4) is 0 Å². The Hall–Kier alpha value is -1.63. The van der Waals surface area contributed by atoms with E-state index in [4.69, 9.17) is 11.5 Å². The van der Waals surface area contributed by atoms with Crippen LogP contribution >= 0.6 is 0 Å². The van der Waals surface area contributed by atoms with E-state index >= 15 is 0 Å². The first kappa shape index (κ1) is 13.4. The first-order valence-corrected chi connectivity index (χ1v) is 5.05. The van der Waals surface area contributed by atoms with E-state index in [0.29, 0.717) is 5.56 Å². The first-order chi connectivity index (χ1) is 8.01. The molecule has 0 saturated heterocycles. The largest absolute Gasteiger partial charge is 0.465 e. The lowest BCUT2D eigenvalue weighted by molar-refractivity contribution is 0.0247. The SMILES string of the molecule is COC(=O)c1ccc(C(O)C(O)CN)c(N)c1. The highest BCUT2D eigenvalue weighted by molar-refractivity contribution is 5.90. The summed E-state index contributed by atoms with van der Waals surface area (Å²) in [5.41, 5.74) is 11.7. The van der Waals surface area contributed by atoms with Gasteiger partial charge in [-0.25, -0.2) is 4.79 Å². The van der Waals surface area contributed by atoms with E-state index in [0.717, 1.165) is 0 Å². The number of nitrogens with two attached hydrogens (primary N) is 2. The van der Waals surface area contributed by atoms with Crippen molar-refractivity contribution in [1.29, 1.82) is 0 Å². The second-order valence-corrected chi connectivity index (χ2v) is 3.58. The van der Waals surface area contributed by atoms with Gasteiger partial charge in [0.05, 0.1) is 18.8 Å². The lowest BCUT2D eigenvalue weighted by Gasteiger charge is -2.18. The predicted molar refractivity (Wildman–Crippen MR) is 62.2 cm³/mol. The van der Waals surface area contributed by atoms with E-state index in [1.807, 2.05) is 0 Å². The molecule has 0 fully saturated rings. The summed E-state index contributed by atoms with van der Waals surface area (Å²) in [6.45, 7) is -0.0840. The van der Waals surface area contributed by atoms with Crippen molar-refractivity contribution in [2.24, 2.45) is 5.73 Å². The molecule has 1 rings (SSSR count). The molecule has 2 unspecified atom stereocenters. The van der Waals surface area contributed by atoms with Gasteiger partial charge in [0.25, 0.3) is 0 Å². The fraction of sp³-hybridized carbons (Fsp3) is 0.364. The summed E-state index contributed by atoms with van der Waals surface area (Å²) in [5.74, 6) is -0.517. The number of aliphatic hydroxyl groups excluding tert-OH is 2. The minimum atomic E-state index is -1.17. The third kappa shape index (κ3) is 2.94. The summed E-state index contributed by atoms with van der Waals surface area (Å²) in [6.07, 6.45) is -2.27. The Balaban J connectivity index is 3.01. The van der Waals surface area contributed by atoms with Crippen LogP contribution in [0.15, 0.2) is 18.2 Å². The molecule has 0 aliphatic heterocycles. The Morgan fingerprint density at radius 1 is 1.47 bits per heavy atom. The Labute approximate surface area is 98.8 Å². The molecular weight excluding hydrogens is 224 g/mol. The highest BCUT2D eigenvalue weighted by Crippen LogP contribution is 2.24. The molecule has 1 aromatic carbocycles. The number of ether oxygens (including phenoxy) is 1. The van der Waals surface area contributed by atoms with E-state index < -0.39 is 18.2 Å². The van der Waals surface area contributed by atoms with Gasteiger partial charge in [0.2, 0.25) is 0 Å².